The molecule has 0 aliphatic rings. The van der Waals surface area contributed by atoms with E-state index in [0.29, 0.717) is 22.8 Å². The highest BCUT2D eigenvalue weighted by atomic mass is 32.2. The zero-order valence-electron chi connectivity index (χ0n) is 17.2. The third kappa shape index (κ3) is 4.38. The number of fused-ring (bicyclic) bond motifs is 1. The van der Waals surface area contributed by atoms with E-state index in [2.05, 4.69) is 5.32 Å². The first-order valence-electron chi connectivity index (χ1n) is 9.43. The molecule has 30 heavy (non-hydrogen) atoms. The van der Waals surface area contributed by atoms with Crippen LogP contribution in [0.3, 0.4) is 0 Å². The molecule has 1 heterocycles. The predicted molar refractivity (Wildman–Crippen MR) is 114 cm³/mol. The van der Waals surface area contributed by atoms with Crippen molar-refractivity contribution in [2.45, 2.75) is 44.2 Å². The van der Waals surface area contributed by atoms with Gasteiger partial charge in [0.05, 0.1) is 16.1 Å². The van der Waals surface area contributed by atoms with Crippen LogP contribution < -0.4 is 5.32 Å². The van der Waals surface area contributed by atoms with Crippen LogP contribution in [0.4, 0.5) is 4.79 Å². The first-order chi connectivity index (χ1) is 14.0. The van der Waals surface area contributed by atoms with Crippen molar-refractivity contribution < 1.29 is 22.7 Å². The van der Waals surface area contributed by atoms with Gasteiger partial charge in [-0.1, -0.05) is 30.3 Å². The van der Waals surface area contributed by atoms with Crippen molar-refractivity contribution in [3.63, 3.8) is 0 Å². The minimum absolute atomic E-state index is 0.0186. The largest absolute Gasteiger partial charge is 0.442 e. The number of alkyl carbamates (subject to hydrolysis) is 1. The Hall–Kier alpha value is -3.13. The molecule has 7 nitrogen and oxygen atoms in total. The maximum Gasteiger partial charge on any atom is 0.408 e. The van der Waals surface area contributed by atoms with E-state index in [9.17, 15) is 18.0 Å². The summed E-state index contributed by atoms with van der Waals surface area (Å²) in [4.78, 5) is 23.8. The van der Waals surface area contributed by atoms with E-state index in [1.807, 2.05) is 20.8 Å². The van der Waals surface area contributed by atoms with Crippen molar-refractivity contribution in [2.75, 3.05) is 0 Å². The third-order valence-electron chi connectivity index (χ3n) is 4.44. The fourth-order valence-corrected chi connectivity index (χ4v) is 4.58. The summed E-state index contributed by atoms with van der Waals surface area (Å²) in [7, 11) is -3.99. The Morgan fingerprint density at radius 1 is 1.10 bits per heavy atom. The number of amides is 1. The number of hydrogen-bond acceptors (Lipinski definition) is 5. The molecule has 0 radical (unpaired) electrons. The van der Waals surface area contributed by atoms with Gasteiger partial charge in [0, 0.05) is 10.9 Å². The molecule has 8 heteroatoms. The van der Waals surface area contributed by atoms with Gasteiger partial charge in [-0.05, 0) is 57.5 Å². The van der Waals surface area contributed by atoms with Crippen LogP contribution in [0.5, 0.6) is 0 Å². The standard InChI is InChI=1S/C22H24N2O5S/c1-15(29-21(26)23-22(2,3)4)16-10-11-17-12-18(14-25)24(20(17)13-16)30(27,28)19-8-6-5-7-9-19/h5-15H,1-4H3,(H,23,26)/t15-/m1/s1. The van der Waals surface area contributed by atoms with E-state index in [0.717, 1.165) is 3.97 Å². The summed E-state index contributed by atoms with van der Waals surface area (Å²) in [6.07, 6.45) is -0.688. The van der Waals surface area contributed by atoms with Crippen LogP contribution in [0.2, 0.25) is 0 Å². The van der Waals surface area contributed by atoms with E-state index in [4.69, 9.17) is 4.74 Å². The molecule has 0 saturated carbocycles. The summed E-state index contributed by atoms with van der Waals surface area (Å²) in [6.45, 7) is 7.22. The van der Waals surface area contributed by atoms with Crippen molar-refractivity contribution in [1.29, 1.82) is 0 Å². The highest BCUT2D eigenvalue weighted by Crippen LogP contribution is 2.28. The van der Waals surface area contributed by atoms with Gasteiger partial charge in [0.15, 0.2) is 6.29 Å². The van der Waals surface area contributed by atoms with Crippen LogP contribution in [-0.4, -0.2) is 30.3 Å². The fourth-order valence-electron chi connectivity index (χ4n) is 3.08. The van der Waals surface area contributed by atoms with Crippen LogP contribution in [-0.2, 0) is 14.8 Å². The van der Waals surface area contributed by atoms with Crippen molar-refractivity contribution in [3.8, 4) is 0 Å². The normalized spacial score (nSPS) is 13.1. The Balaban J connectivity index is 2.05. The molecule has 3 aromatic rings. The lowest BCUT2D eigenvalue weighted by atomic mass is 10.1. The number of ether oxygens (including phenoxy) is 1. The highest BCUT2D eigenvalue weighted by molar-refractivity contribution is 7.90. The Morgan fingerprint density at radius 3 is 2.37 bits per heavy atom. The van der Waals surface area contributed by atoms with Gasteiger partial charge in [-0.3, -0.25) is 4.79 Å². The topological polar surface area (TPSA) is 94.5 Å². The molecule has 1 atom stereocenters. The fraction of sp³-hybridized carbons (Fsp3) is 0.273. The van der Waals surface area contributed by atoms with Crippen molar-refractivity contribution in [1.82, 2.24) is 9.29 Å². The quantitative estimate of drug-likeness (QED) is 0.612. The zero-order valence-corrected chi connectivity index (χ0v) is 18.1. The average Bonchev–Trinajstić information content (AvgIpc) is 3.05. The number of benzene rings is 2. The summed E-state index contributed by atoms with van der Waals surface area (Å²) >= 11 is 0. The smallest absolute Gasteiger partial charge is 0.408 e. The van der Waals surface area contributed by atoms with Gasteiger partial charge in [-0.15, -0.1) is 0 Å². The van der Waals surface area contributed by atoms with Crippen LogP contribution in [0, 0.1) is 0 Å². The second-order valence-electron chi connectivity index (χ2n) is 8.01. The van der Waals surface area contributed by atoms with Gasteiger partial charge in [0.1, 0.15) is 6.10 Å². The van der Waals surface area contributed by atoms with Crippen molar-refractivity contribution in [3.05, 3.63) is 65.9 Å². The number of aromatic nitrogens is 1. The molecule has 1 N–H and O–H groups in total. The molecule has 0 bridgehead atoms. The van der Waals surface area contributed by atoms with Crippen LogP contribution >= 0.6 is 0 Å². The number of nitrogens with zero attached hydrogens (tertiary/aromatic N) is 1. The number of rotatable bonds is 5. The molecule has 1 amide bonds. The lowest BCUT2D eigenvalue weighted by molar-refractivity contribution is 0.100. The van der Waals surface area contributed by atoms with Gasteiger partial charge >= 0.3 is 6.09 Å². The number of aldehydes is 1. The van der Waals surface area contributed by atoms with E-state index in [1.165, 1.54) is 18.2 Å². The maximum absolute atomic E-state index is 13.2. The Morgan fingerprint density at radius 2 is 1.77 bits per heavy atom. The van der Waals surface area contributed by atoms with Gasteiger partial charge in [-0.25, -0.2) is 17.2 Å². The van der Waals surface area contributed by atoms with Gasteiger partial charge in [0.2, 0.25) is 0 Å². The molecule has 158 valence electrons. The molecule has 2 aromatic carbocycles. The molecule has 0 unspecified atom stereocenters. The second kappa shape index (κ2) is 7.95. The molecule has 0 aliphatic carbocycles. The Bertz CT molecular complexity index is 1190. The zero-order chi connectivity index (χ0) is 22.1. The van der Waals surface area contributed by atoms with Crippen LogP contribution in [0.1, 0.15) is 49.9 Å². The molecule has 1 aromatic heterocycles. The van der Waals surface area contributed by atoms with E-state index >= 15 is 0 Å². The summed E-state index contributed by atoms with van der Waals surface area (Å²) in [5.41, 5.74) is 0.514. The van der Waals surface area contributed by atoms with Crippen LogP contribution in [0.25, 0.3) is 10.9 Å². The molecular formula is C22H24N2O5S. The molecule has 0 aliphatic heterocycles. The summed E-state index contributed by atoms with van der Waals surface area (Å²) in [6, 6.07) is 14.5. The van der Waals surface area contributed by atoms with Gasteiger partial charge in [0.25, 0.3) is 10.0 Å². The Labute approximate surface area is 175 Å². The van der Waals surface area contributed by atoms with E-state index < -0.39 is 27.8 Å². The average molecular weight is 429 g/mol. The molecule has 0 spiro atoms. The number of carbonyl (C=O) groups excluding carboxylic acids is 2. The summed E-state index contributed by atoms with van der Waals surface area (Å²) < 4.78 is 32.9. The molecule has 0 fully saturated rings. The van der Waals surface area contributed by atoms with E-state index in [1.54, 1.807) is 43.3 Å². The first-order valence-corrected chi connectivity index (χ1v) is 10.9. The van der Waals surface area contributed by atoms with Gasteiger partial charge in [-0.2, -0.15) is 0 Å². The Kier molecular flexibility index (Phi) is 5.72. The molecular weight excluding hydrogens is 404 g/mol. The lowest BCUT2D eigenvalue weighted by Crippen LogP contribution is -2.41. The molecule has 0 saturated heterocycles. The van der Waals surface area contributed by atoms with Gasteiger partial charge < -0.3 is 10.1 Å². The summed E-state index contributed by atoms with van der Waals surface area (Å²) in [5, 5.41) is 3.31. The number of carbonyl (C=O) groups is 2. The molecule has 3 rings (SSSR count). The van der Waals surface area contributed by atoms with Crippen molar-refractivity contribution in [2.24, 2.45) is 0 Å². The number of hydrogen-bond donors (Lipinski definition) is 1. The third-order valence-corrected chi connectivity index (χ3v) is 6.20. The monoisotopic (exact) mass is 428 g/mol. The predicted octanol–water partition coefficient (Wildman–Crippen LogP) is 4.28. The minimum atomic E-state index is -3.99. The first kappa shape index (κ1) is 21.6. The van der Waals surface area contributed by atoms with Crippen molar-refractivity contribution >= 4 is 33.3 Å². The van der Waals surface area contributed by atoms with Crippen LogP contribution in [0.15, 0.2) is 59.5 Å². The van der Waals surface area contributed by atoms with E-state index in [-0.39, 0.29) is 10.6 Å². The SMILES string of the molecule is C[C@@H](OC(=O)NC(C)(C)C)c1ccc2cc(C=O)n(S(=O)(=O)c3ccccc3)c2c1. The lowest BCUT2D eigenvalue weighted by Gasteiger charge is -2.22. The second-order valence-corrected chi connectivity index (χ2v) is 9.80. The highest BCUT2D eigenvalue weighted by Gasteiger charge is 2.24. The summed E-state index contributed by atoms with van der Waals surface area (Å²) in [5.74, 6) is 0. The minimum Gasteiger partial charge on any atom is -0.442 e. The number of nitrogens with one attached hydrogen (secondary N) is 1. The maximum atomic E-state index is 13.2.